The maximum Gasteiger partial charge on any atom is 0.273 e. The van der Waals surface area contributed by atoms with Crippen molar-refractivity contribution < 1.29 is 18.3 Å². The van der Waals surface area contributed by atoms with Gasteiger partial charge in [0.15, 0.2) is 12.4 Å². The molecule has 1 saturated carbocycles. The number of carbonyl (C=O) groups is 1. The fourth-order valence-corrected chi connectivity index (χ4v) is 6.74. The summed E-state index contributed by atoms with van der Waals surface area (Å²) in [6.07, 6.45) is 5.61. The van der Waals surface area contributed by atoms with Crippen LogP contribution in [0.25, 0.3) is 10.9 Å². The Labute approximate surface area is 214 Å². The Morgan fingerprint density at radius 2 is 1.97 bits per heavy atom. The van der Waals surface area contributed by atoms with Crippen molar-refractivity contribution in [1.29, 1.82) is 0 Å². The number of carbonyl (C=O) groups excluding carboxylic acids is 1. The van der Waals surface area contributed by atoms with Gasteiger partial charge in [-0.25, -0.2) is 13.8 Å². The summed E-state index contributed by atoms with van der Waals surface area (Å²) in [4.78, 5) is 25.5. The second-order valence-corrected chi connectivity index (χ2v) is 11.3. The van der Waals surface area contributed by atoms with Crippen LogP contribution in [0, 0.1) is 11.8 Å². The highest BCUT2D eigenvalue weighted by Gasteiger charge is 2.29. The lowest BCUT2D eigenvalue weighted by molar-refractivity contribution is 0.0815. The summed E-state index contributed by atoms with van der Waals surface area (Å²) in [5.41, 5.74) is 2.65. The molecule has 0 radical (unpaired) electrons. The topological polar surface area (TPSA) is 55.3 Å². The van der Waals surface area contributed by atoms with Crippen molar-refractivity contribution in [2.45, 2.75) is 64.3 Å². The van der Waals surface area contributed by atoms with Crippen LogP contribution >= 0.6 is 11.3 Å². The van der Waals surface area contributed by atoms with Gasteiger partial charge in [0.1, 0.15) is 0 Å². The highest BCUT2D eigenvalue weighted by molar-refractivity contribution is 7.13. The number of halogens is 2. The third kappa shape index (κ3) is 5.92. The first kappa shape index (κ1) is 25.2. The Bertz CT molecular complexity index is 1190. The standard InChI is InChI=1S/C28H33F2N3O2S/c1-18-15-33(16-24-27(18)36-28(32-24)35-17-26(29)30)13-11-19-7-9-20(10-8-19)14-25(34)22-4-2-6-23-21(22)5-3-12-31-23/h2-6,12,18-20,26H,7-11,13-17H2,1H3. The van der Waals surface area contributed by atoms with Crippen LogP contribution in [0.1, 0.15) is 72.3 Å². The zero-order valence-electron chi connectivity index (χ0n) is 20.7. The minimum absolute atomic E-state index is 0.232. The molecule has 1 unspecified atom stereocenters. The largest absolute Gasteiger partial charge is 0.464 e. The van der Waals surface area contributed by atoms with Gasteiger partial charge in [-0.05, 0) is 49.8 Å². The fraction of sp³-hybridized carbons (Fsp3) is 0.536. The zero-order valence-corrected chi connectivity index (χ0v) is 21.5. The van der Waals surface area contributed by atoms with Gasteiger partial charge < -0.3 is 4.74 Å². The summed E-state index contributed by atoms with van der Waals surface area (Å²) in [6.45, 7) is 4.32. The summed E-state index contributed by atoms with van der Waals surface area (Å²) in [7, 11) is 0. The van der Waals surface area contributed by atoms with E-state index in [1.165, 1.54) is 29.1 Å². The van der Waals surface area contributed by atoms with E-state index in [9.17, 15) is 13.6 Å². The van der Waals surface area contributed by atoms with Crippen LogP contribution < -0.4 is 4.74 Å². The Hall–Kier alpha value is -2.45. The van der Waals surface area contributed by atoms with Crippen molar-refractivity contribution in [3.8, 4) is 5.19 Å². The molecule has 192 valence electrons. The predicted molar refractivity (Wildman–Crippen MR) is 138 cm³/mol. The van der Waals surface area contributed by atoms with Gasteiger partial charge >= 0.3 is 0 Å². The molecule has 1 aromatic carbocycles. The lowest BCUT2D eigenvalue weighted by Gasteiger charge is -2.33. The SMILES string of the molecule is CC1CN(CCC2CCC(CC(=O)c3cccc4ncccc34)CC2)Cc2nc(OCC(F)F)sc21. The number of nitrogens with zero attached hydrogens (tertiary/aromatic N) is 3. The van der Waals surface area contributed by atoms with Crippen LogP contribution in [0.3, 0.4) is 0 Å². The molecule has 5 rings (SSSR count). The Kier molecular flexibility index (Phi) is 7.91. The number of hydrogen-bond donors (Lipinski definition) is 0. The van der Waals surface area contributed by atoms with Crippen molar-refractivity contribution in [3.63, 3.8) is 0 Å². The summed E-state index contributed by atoms with van der Waals surface area (Å²) < 4.78 is 30.1. The smallest absolute Gasteiger partial charge is 0.273 e. The lowest BCUT2D eigenvalue weighted by atomic mass is 9.78. The summed E-state index contributed by atoms with van der Waals surface area (Å²) in [5.74, 6) is 1.71. The third-order valence-electron chi connectivity index (χ3n) is 7.63. The number of ketones is 1. The zero-order chi connectivity index (χ0) is 25.1. The maximum atomic E-state index is 13.1. The van der Waals surface area contributed by atoms with Crippen LogP contribution in [0.2, 0.25) is 0 Å². The van der Waals surface area contributed by atoms with E-state index in [2.05, 4.69) is 21.8 Å². The van der Waals surface area contributed by atoms with Crippen LogP contribution in [0.15, 0.2) is 36.5 Å². The van der Waals surface area contributed by atoms with E-state index in [1.54, 1.807) is 6.20 Å². The number of fused-ring (bicyclic) bond motifs is 2. The molecule has 2 aromatic heterocycles. The number of Topliss-reactive ketones (excluding diaryl/α,β-unsaturated/α-hetero) is 1. The van der Waals surface area contributed by atoms with E-state index in [0.29, 0.717) is 29.4 Å². The van der Waals surface area contributed by atoms with Crippen LogP contribution in [0.4, 0.5) is 8.78 Å². The molecular formula is C28H33F2N3O2S. The van der Waals surface area contributed by atoms with E-state index in [4.69, 9.17) is 4.74 Å². The highest BCUT2D eigenvalue weighted by Crippen LogP contribution is 2.38. The van der Waals surface area contributed by atoms with Crippen LogP contribution in [-0.4, -0.2) is 46.8 Å². The van der Waals surface area contributed by atoms with Gasteiger partial charge in [0.2, 0.25) is 0 Å². The molecule has 1 fully saturated rings. The number of pyridine rings is 1. The molecule has 0 saturated heterocycles. The molecule has 0 spiro atoms. The molecule has 8 heteroatoms. The van der Waals surface area contributed by atoms with Crippen LogP contribution in [-0.2, 0) is 6.54 Å². The molecule has 1 aliphatic heterocycles. The van der Waals surface area contributed by atoms with Crippen molar-refractivity contribution in [2.75, 3.05) is 19.7 Å². The second-order valence-electron chi connectivity index (χ2n) is 10.3. The average molecular weight is 514 g/mol. The van der Waals surface area contributed by atoms with E-state index >= 15 is 0 Å². The van der Waals surface area contributed by atoms with Gasteiger partial charge in [0, 0.05) is 47.5 Å². The van der Waals surface area contributed by atoms with E-state index < -0.39 is 13.0 Å². The molecule has 5 nitrogen and oxygen atoms in total. The van der Waals surface area contributed by atoms with E-state index in [1.807, 2.05) is 30.3 Å². The molecule has 1 atom stereocenters. The van der Waals surface area contributed by atoms with E-state index in [-0.39, 0.29) is 5.78 Å². The number of thiazole rings is 1. The normalized spacial score (nSPS) is 22.6. The average Bonchev–Trinajstić information content (AvgIpc) is 3.30. The van der Waals surface area contributed by atoms with Gasteiger partial charge in [-0.15, -0.1) is 0 Å². The Balaban J connectivity index is 1.08. The Morgan fingerprint density at radius 1 is 1.17 bits per heavy atom. The number of alkyl halides is 2. The lowest BCUT2D eigenvalue weighted by Crippen LogP contribution is -2.34. The summed E-state index contributed by atoms with van der Waals surface area (Å²) in [5, 5.41) is 1.31. The molecule has 3 heterocycles. The number of hydrogen-bond acceptors (Lipinski definition) is 6. The van der Waals surface area contributed by atoms with Crippen molar-refractivity contribution in [3.05, 3.63) is 52.7 Å². The minimum Gasteiger partial charge on any atom is -0.464 e. The molecule has 0 N–H and O–H groups in total. The number of aromatic nitrogens is 2. The molecule has 0 amide bonds. The third-order valence-corrected chi connectivity index (χ3v) is 8.88. The van der Waals surface area contributed by atoms with Gasteiger partial charge in [0.05, 0.1) is 11.2 Å². The number of benzene rings is 1. The van der Waals surface area contributed by atoms with Crippen molar-refractivity contribution in [1.82, 2.24) is 14.9 Å². The first-order valence-corrected chi connectivity index (χ1v) is 13.8. The fourth-order valence-electron chi connectivity index (χ4n) is 5.76. The van der Waals surface area contributed by atoms with Crippen LogP contribution in [0.5, 0.6) is 5.19 Å². The molecule has 1 aliphatic carbocycles. The maximum absolute atomic E-state index is 13.1. The molecule has 0 bridgehead atoms. The first-order chi connectivity index (χ1) is 17.5. The van der Waals surface area contributed by atoms with Gasteiger partial charge in [-0.3, -0.25) is 14.7 Å². The predicted octanol–water partition coefficient (Wildman–Crippen LogP) is 6.72. The van der Waals surface area contributed by atoms with Gasteiger partial charge in [-0.2, -0.15) is 0 Å². The second kappa shape index (κ2) is 11.3. The number of ether oxygens (including phenoxy) is 1. The molecule has 2 aliphatic rings. The quantitative estimate of drug-likeness (QED) is 0.297. The van der Waals surface area contributed by atoms with Gasteiger partial charge in [0.25, 0.3) is 11.6 Å². The Morgan fingerprint density at radius 3 is 2.78 bits per heavy atom. The molecular weight excluding hydrogens is 480 g/mol. The summed E-state index contributed by atoms with van der Waals surface area (Å²) in [6, 6.07) is 9.68. The van der Waals surface area contributed by atoms with E-state index in [0.717, 1.165) is 61.1 Å². The van der Waals surface area contributed by atoms with Gasteiger partial charge in [-0.1, -0.05) is 49.3 Å². The highest BCUT2D eigenvalue weighted by atomic mass is 32.1. The van der Waals surface area contributed by atoms with Crippen molar-refractivity contribution >= 4 is 28.0 Å². The first-order valence-electron chi connectivity index (χ1n) is 13.0. The summed E-state index contributed by atoms with van der Waals surface area (Å²) >= 11 is 1.41. The minimum atomic E-state index is -2.48. The monoisotopic (exact) mass is 513 g/mol. The number of rotatable bonds is 9. The molecule has 36 heavy (non-hydrogen) atoms. The van der Waals surface area contributed by atoms with Crippen molar-refractivity contribution in [2.24, 2.45) is 11.8 Å². The molecule has 3 aromatic rings.